The molecule has 108 valence electrons. The minimum absolute atomic E-state index is 0.0936. The second kappa shape index (κ2) is 5.95. The van der Waals surface area contributed by atoms with Gasteiger partial charge in [-0.3, -0.25) is 4.79 Å². The minimum atomic E-state index is -0.292. The lowest BCUT2D eigenvalue weighted by molar-refractivity contribution is -0.122. The molecule has 3 rings (SSSR count). The van der Waals surface area contributed by atoms with E-state index in [1.807, 2.05) is 24.3 Å². The summed E-state index contributed by atoms with van der Waals surface area (Å²) >= 11 is 0. The van der Waals surface area contributed by atoms with Gasteiger partial charge in [0.1, 0.15) is 5.82 Å². The molecule has 0 bridgehead atoms. The lowest BCUT2D eigenvalue weighted by Crippen LogP contribution is -2.27. The van der Waals surface area contributed by atoms with Crippen LogP contribution >= 0.6 is 0 Å². The molecule has 2 aromatic carbocycles. The molecule has 0 aliphatic heterocycles. The van der Waals surface area contributed by atoms with Gasteiger partial charge in [-0.25, -0.2) is 4.39 Å². The van der Waals surface area contributed by atoms with E-state index < -0.39 is 0 Å². The molecule has 1 aliphatic rings. The van der Waals surface area contributed by atoms with Crippen LogP contribution in [0.4, 0.5) is 21.5 Å². The predicted molar refractivity (Wildman–Crippen MR) is 82.1 cm³/mol. The van der Waals surface area contributed by atoms with Crippen molar-refractivity contribution in [1.82, 2.24) is 0 Å². The van der Waals surface area contributed by atoms with Crippen molar-refractivity contribution in [3.8, 4) is 0 Å². The van der Waals surface area contributed by atoms with Crippen LogP contribution in [0.2, 0.25) is 0 Å². The molecular weight excluding hydrogens is 267 g/mol. The lowest BCUT2D eigenvalue weighted by Gasteiger charge is -2.24. The van der Waals surface area contributed by atoms with Crippen molar-refractivity contribution < 1.29 is 9.18 Å². The number of amides is 1. The van der Waals surface area contributed by atoms with Crippen LogP contribution in [-0.2, 0) is 4.79 Å². The Morgan fingerprint density at radius 2 is 1.67 bits per heavy atom. The van der Waals surface area contributed by atoms with E-state index in [2.05, 4.69) is 10.6 Å². The Balaban J connectivity index is 1.64. The zero-order valence-electron chi connectivity index (χ0n) is 11.6. The first-order valence-electron chi connectivity index (χ1n) is 7.15. The fourth-order valence-corrected chi connectivity index (χ4v) is 2.27. The second-order valence-electron chi connectivity index (χ2n) is 5.30. The third-order valence-corrected chi connectivity index (χ3v) is 3.78. The van der Waals surface area contributed by atoms with E-state index >= 15 is 0 Å². The van der Waals surface area contributed by atoms with Gasteiger partial charge in [-0.05, 0) is 49.2 Å². The summed E-state index contributed by atoms with van der Waals surface area (Å²) in [6, 6.07) is 13.8. The summed E-state index contributed by atoms with van der Waals surface area (Å²) in [5, 5.41) is 5.92. The van der Waals surface area contributed by atoms with Crippen LogP contribution in [0.1, 0.15) is 19.3 Å². The molecular formula is C17H17FN2O. The van der Waals surface area contributed by atoms with Crippen molar-refractivity contribution in [2.24, 2.45) is 5.92 Å². The van der Waals surface area contributed by atoms with Gasteiger partial charge < -0.3 is 10.6 Å². The molecule has 2 N–H and O–H groups in total. The van der Waals surface area contributed by atoms with Gasteiger partial charge in [0.05, 0.1) is 5.69 Å². The highest BCUT2D eigenvalue weighted by atomic mass is 19.1. The van der Waals surface area contributed by atoms with Gasteiger partial charge >= 0.3 is 0 Å². The molecule has 0 atom stereocenters. The number of anilines is 3. The largest absolute Gasteiger partial charge is 0.353 e. The summed E-state index contributed by atoms with van der Waals surface area (Å²) in [6.45, 7) is 0. The predicted octanol–water partition coefficient (Wildman–Crippen LogP) is 4.31. The van der Waals surface area contributed by atoms with Crippen LogP contribution in [-0.4, -0.2) is 5.91 Å². The SMILES string of the molecule is O=C(Nc1ccc(Nc2ccccc2F)cc1)C1CCC1. The molecule has 0 saturated heterocycles. The summed E-state index contributed by atoms with van der Waals surface area (Å²) in [6.07, 6.45) is 3.11. The molecule has 21 heavy (non-hydrogen) atoms. The van der Waals surface area contributed by atoms with Crippen molar-refractivity contribution in [1.29, 1.82) is 0 Å². The van der Waals surface area contributed by atoms with E-state index in [9.17, 15) is 9.18 Å². The fourth-order valence-electron chi connectivity index (χ4n) is 2.27. The Kier molecular flexibility index (Phi) is 3.86. The standard InChI is InChI=1S/C17H17FN2O/c18-15-6-1-2-7-16(15)19-13-8-10-14(11-9-13)20-17(21)12-4-3-5-12/h1-2,6-12,19H,3-5H2,(H,20,21). The van der Waals surface area contributed by atoms with Gasteiger partial charge in [-0.2, -0.15) is 0 Å². The van der Waals surface area contributed by atoms with E-state index in [1.165, 1.54) is 6.07 Å². The molecule has 0 aromatic heterocycles. The zero-order chi connectivity index (χ0) is 14.7. The zero-order valence-corrected chi connectivity index (χ0v) is 11.6. The van der Waals surface area contributed by atoms with Crippen molar-refractivity contribution in [3.05, 3.63) is 54.3 Å². The second-order valence-corrected chi connectivity index (χ2v) is 5.30. The van der Waals surface area contributed by atoms with Crippen LogP contribution in [0.5, 0.6) is 0 Å². The normalized spacial score (nSPS) is 14.3. The average Bonchev–Trinajstić information content (AvgIpc) is 2.41. The Morgan fingerprint density at radius 3 is 2.29 bits per heavy atom. The molecule has 0 heterocycles. The Morgan fingerprint density at radius 1 is 1.00 bits per heavy atom. The average molecular weight is 284 g/mol. The maximum atomic E-state index is 13.5. The highest BCUT2D eigenvalue weighted by Gasteiger charge is 2.24. The summed E-state index contributed by atoms with van der Waals surface area (Å²) in [7, 11) is 0. The van der Waals surface area contributed by atoms with Crippen LogP contribution in [0, 0.1) is 11.7 Å². The summed E-state index contributed by atoms with van der Waals surface area (Å²) in [4.78, 5) is 11.8. The van der Waals surface area contributed by atoms with Gasteiger partial charge in [0.15, 0.2) is 0 Å². The van der Waals surface area contributed by atoms with Crippen molar-refractivity contribution in [2.45, 2.75) is 19.3 Å². The number of para-hydroxylation sites is 1. The first-order chi connectivity index (χ1) is 10.2. The minimum Gasteiger partial charge on any atom is -0.353 e. The third-order valence-electron chi connectivity index (χ3n) is 3.78. The van der Waals surface area contributed by atoms with Crippen LogP contribution in [0.3, 0.4) is 0 Å². The number of halogens is 1. The Labute approximate surface area is 123 Å². The molecule has 0 radical (unpaired) electrons. The first-order valence-corrected chi connectivity index (χ1v) is 7.15. The molecule has 0 unspecified atom stereocenters. The lowest BCUT2D eigenvalue weighted by atomic mass is 9.85. The fraction of sp³-hybridized carbons (Fsp3) is 0.235. The maximum absolute atomic E-state index is 13.5. The van der Waals surface area contributed by atoms with Crippen molar-refractivity contribution >= 4 is 23.0 Å². The number of benzene rings is 2. The quantitative estimate of drug-likeness (QED) is 0.878. The first kappa shape index (κ1) is 13.6. The van der Waals surface area contributed by atoms with E-state index in [0.717, 1.165) is 30.6 Å². The highest BCUT2D eigenvalue weighted by molar-refractivity contribution is 5.93. The number of hydrogen-bond donors (Lipinski definition) is 2. The Bertz CT molecular complexity index is 635. The van der Waals surface area contributed by atoms with Gasteiger partial charge in [0, 0.05) is 17.3 Å². The molecule has 1 saturated carbocycles. The van der Waals surface area contributed by atoms with Gasteiger partial charge in [-0.15, -0.1) is 0 Å². The van der Waals surface area contributed by atoms with E-state index in [4.69, 9.17) is 0 Å². The van der Waals surface area contributed by atoms with E-state index in [0.29, 0.717) is 5.69 Å². The molecule has 2 aromatic rings. The molecule has 1 aliphatic carbocycles. The molecule has 1 fully saturated rings. The summed E-state index contributed by atoms with van der Waals surface area (Å²) in [5.74, 6) is -0.0304. The monoisotopic (exact) mass is 284 g/mol. The van der Waals surface area contributed by atoms with Crippen LogP contribution in [0.25, 0.3) is 0 Å². The molecule has 0 spiro atoms. The summed E-state index contributed by atoms with van der Waals surface area (Å²) in [5.41, 5.74) is 1.98. The molecule has 3 nitrogen and oxygen atoms in total. The van der Waals surface area contributed by atoms with Crippen LogP contribution < -0.4 is 10.6 Å². The van der Waals surface area contributed by atoms with Gasteiger partial charge in [0.2, 0.25) is 5.91 Å². The highest BCUT2D eigenvalue weighted by Crippen LogP contribution is 2.28. The number of carbonyl (C=O) groups is 1. The number of nitrogens with one attached hydrogen (secondary N) is 2. The third kappa shape index (κ3) is 3.21. The summed E-state index contributed by atoms with van der Waals surface area (Å²) < 4.78 is 13.5. The number of carbonyl (C=O) groups excluding carboxylic acids is 1. The van der Waals surface area contributed by atoms with E-state index in [-0.39, 0.29) is 17.6 Å². The van der Waals surface area contributed by atoms with Gasteiger partial charge in [-0.1, -0.05) is 18.6 Å². The Hall–Kier alpha value is -2.36. The molecule has 4 heteroatoms. The maximum Gasteiger partial charge on any atom is 0.227 e. The smallest absolute Gasteiger partial charge is 0.227 e. The van der Waals surface area contributed by atoms with E-state index in [1.54, 1.807) is 18.2 Å². The number of hydrogen-bond acceptors (Lipinski definition) is 2. The van der Waals surface area contributed by atoms with Crippen molar-refractivity contribution in [2.75, 3.05) is 10.6 Å². The molecule has 1 amide bonds. The number of rotatable bonds is 4. The van der Waals surface area contributed by atoms with Gasteiger partial charge in [0.25, 0.3) is 0 Å². The topological polar surface area (TPSA) is 41.1 Å². The van der Waals surface area contributed by atoms with Crippen molar-refractivity contribution in [3.63, 3.8) is 0 Å². The van der Waals surface area contributed by atoms with Crippen LogP contribution in [0.15, 0.2) is 48.5 Å².